The van der Waals surface area contributed by atoms with E-state index in [1.54, 1.807) is 0 Å². The molecule has 0 saturated heterocycles. The Morgan fingerprint density at radius 1 is 0.273 bits per heavy atom. The van der Waals surface area contributed by atoms with Crippen LogP contribution in [0.5, 0.6) is 0 Å². The smallest absolute Gasteiger partial charge is 0.306 e. The number of esters is 3. The Hall–Kier alpha value is -2.63. The first-order valence-electron chi connectivity index (χ1n) is 34.1. The second-order valence-electron chi connectivity index (χ2n) is 23.1. The predicted molar refractivity (Wildman–Crippen MR) is 335 cm³/mol. The Labute approximate surface area is 479 Å². The Balaban J connectivity index is 4.15. The van der Waals surface area contributed by atoms with Crippen molar-refractivity contribution >= 4 is 17.9 Å². The van der Waals surface area contributed by atoms with Crippen molar-refractivity contribution in [3.63, 3.8) is 0 Å². The summed E-state index contributed by atoms with van der Waals surface area (Å²) in [6.45, 7) is 6.59. The number of hydrogen-bond donors (Lipinski definition) is 0. The van der Waals surface area contributed by atoms with Gasteiger partial charge in [-0.05, 0) is 57.8 Å². The average Bonchev–Trinajstić information content (AvgIpc) is 3.43. The van der Waals surface area contributed by atoms with Gasteiger partial charge >= 0.3 is 17.9 Å². The molecule has 0 N–H and O–H groups in total. The molecule has 0 rings (SSSR count). The Kier molecular flexibility index (Phi) is 63.6. The summed E-state index contributed by atoms with van der Waals surface area (Å²) in [4.78, 5) is 38.3. The topological polar surface area (TPSA) is 78.9 Å². The van der Waals surface area contributed by atoms with E-state index in [1.165, 1.54) is 244 Å². The predicted octanol–water partition coefficient (Wildman–Crippen LogP) is 23.3. The number of carbonyl (C=O) groups is 3. The highest BCUT2D eigenvalue weighted by Gasteiger charge is 2.19. The number of rotatable bonds is 63. The molecule has 0 aromatic carbocycles. The van der Waals surface area contributed by atoms with E-state index in [9.17, 15) is 14.4 Å². The van der Waals surface area contributed by atoms with E-state index in [0.29, 0.717) is 19.3 Å². The van der Waals surface area contributed by atoms with E-state index < -0.39 is 6.10 Å². The van der Waals surface area contributed by atoms with E-state index in [0.717, 1.165) is 83.5 Å². The average molecular weight is 1080 g/mol. The van der Waals surface area contributed by atoms with E-state index in [2.05, 4.69) is 69.4 Å². The van der Waals surface area contributed by atoms with Gasteiger partial charge in [0.25, 0.3) is 0 Å². The third kappa shape index (κ3) is 64.1. The molecule has 0 saturated carbocycles. The molecule has 6 heteroatoms. The van der Waals surface area contributed by atoms with Gasteiger partial charge in [0.1, 0.15) is 13.2 Å². The SMILES string of the molecule is CC/C=C\C/C=C\C/C=C\C/C=C\CCCCCCCCCCCCCCCCCCC(=O)OCC(COC(=O)CCCCCCCCCCCCC)OC(=O)CCCCCCCCCCCCCCCCCCCCC. The molecule has 0 radical (unpaired) electrons. The summed E-state index contributed by atoms with van der Waals surface area (Å²) in [6, 6.07) is 0. The first-order chi connectivity index (χ1) is 38.0. The fraction of sp³-hybridized carbons (Fsp3) is 0.845. The molecule has 0 aromatic heterocycles. The molecule has 0 heterocycles. The fourth-order valence-electron chi connectivity index (χ4n) is 10.3. The number of carbonyl (C=O) groups excluding carboxylic acids is 3. The van der Waals surface area contributed by atoms with Crippen molar-refractivity contribution in [2.75, 3.05) is 13.2 Å². The summed E-state index contributed by atoms with van der Waals surface area (Å²) in [5.41, 5.74) is 0. The highest BCUT2D eigenvalue weighted by Crippen LogP contribution is 2.18. The molecule has 0 fully saturated rings. The van der Waals surface area contributed by atoms with Gasteiger partial charge in [0, 0.05) is 19.3 Å². The molecule has 0 aromatic rings. The maximum atomic E-state index is 12.9. The maximum Gasteiger partial charge on any atom is 0.306 e. The molecule has 6 nitrogen and oxygen atoms in total. The monoisotopic (exact) mass is 1080 g/mol. The van der Waals surface area contributed by atoms with Crippen LogP contribution in [0.25, 0.3) is 0 Å². The van der Waals surface area contributed by atoms with Crippen LogP contribution in [0, 0.1) is 0 Å². The van der Waals surface area contributed by atoms with Gasteiger partial charge in [0.15, 0.2) is 6.10 Å². The van der Waals surface area contributed by atoms with Crippen molar-refractivity contribution < 1.29 is 28.6 Å². The van der Waals surface area contributed by atoms with Crippen molar-refractivity contribution in [3.8, 4) is 0 Å². The maximum absolute atomic E-state index is 12.9. The molecule has 77 heavy (non-hydrogen) atoms. The second-order valence-corrected chi connectivity index (χ2v) is 23.1. The molecule has 0 spiro atoms. The number of hydrogen-bond acceptors (Lipinski definition) is 6. The molecular formula is C71H130O6. The van der Waals surface area contributed by atoms with E-state index in [-0.39, 0.29) is 31.1 Å². The van der Waals surface area contributed by atoms with Gasteiger partial charge in [0.05, 0.1) is 0 Å². The minimum Gasteiger partial charge on any atom is -0.462 e. The van der Waals surface area contributed by atoms with Gasteiger partial charge in [-0.15, -0.1) is 0 Å². The largest absolute Gasteiger partial charge is 0.462 e. The molecule has 1 unspecified atom stereocenters. The first-order valence-corrected chi connectivity index (χ1v) is 34.1. The van der Waals surface area contributed by atoms with Crippen LogP contribution in [0.2, 0.25) is 0 Å². The third-order valence-electron chi connectivity index (χ3n) is 15.3. The lowest BCUT2D eigenvalue weighted by Gasteiger charge is -2.18. The summed E-state index contributed by atoms with van der Waals surface area (Å²) < 4.78 is 17.0. The van der Waals surface area contributed by atoms with Crippen LogP contribution in [0.1, 0.15) is 367 Å². The van der Waals surface area contributed by atoms with E-state index in [4.69, 9.17) is 14.2 Å². The van der Waals surface area contributed by atoms with Crippen molar-refractivity contribution in [2.24, 2.45) is 0 Å². The summed E-state index contributed by atoms with van der Waals surface area (Å²) in [7, 11) is 0. The number of ether oxygens (including phenoxy) is 3. The second kappa shape index (κ2) is 65.9. The Morgan fingerprint density at radius 2 is 0.506 bits per heavy atom. The summed E-state index contributed by atoms with van der Waals surface area (Å²) in [5.74, 6) is -0.839. The van der Waals surface area contributed by atoms with Crippen molar-refractivity contribution in [1.29, 1.82) is 0 Å². The van der Waals surface area contributed by atoms with Crippen LogP contribution < -0.4 is 0 Å². The van der Waals surface area contributed by atoms with Crippen LogP contribution in [0.15, 0.2) is 48.6 Å². The Bertz CT molecular complexity index is 1330. The lowest BCUT2D eigenvalue weighted by Crippen LogP contribution is -2.30. The normalized spacial score (nSPS) is 12.3. The van der Waals surface area contributed by atoms with Crippen molar-refractivity contribution in [2.45, 2.75) is 374 Å². The molecule has 0 bridgehead atoms. The van der Waals surface area contributed by atoms with Gasteiger partial charge in [-0.3, -0.25) is 14.4 Å². The molecule has 0 aliphatic heterocycles. The van der Waals surface area contributed by atoms with Crippen LogP contribution >= 0.6 is 0 Å². The van der Waals surface area contributed by atoms with Crippen molar-refractivity contribution in [3.05, 3.63) is 48.6 Å². The Morgan fingerprint density at radius 3 is 0.792 bits per heavy atom. The highest BCUT2D eigenvalue weighted by atomic mass is 16.6. The minimum atomic E-state index is -0.768. The number of unbranched alkanes of at least 4 members (excludes halogenated alkanes) is 44. The summed E-state index contributed by atoms with van der Waals surface area (Å²) in [5, 5.41) is 0. The quantitative estimate of drug-likeness (QED) is 0.0261. The molecule has 0 aliphatic rings. The van der Waals surface area contributed by atoms with E-state index in [1.807, 2.05) is 0 Å². The lowest BCUT2D eigenvalue weighted by atomic mass is 10.0. The van der Waals surface area contributed by atoms with E-state index >= 15 is 0 Å². The van der Waals surface area contributed by atoms with Crippen LogP contribution in [0.4, 0.5) is 0 Å². The van der Waals surface area contributed by atoms with Gasteiger partial charge in [-0.1, -0.05) is 339 Å². The third-order valence-corrected chi connectivity index (χ3v) is 15.3. The van der Waals surface area contributed by atoms with Crippen LogP contribution in [-0.2, 0) is 28.6 Å². The molecular weight excluding hydrogens is 949 g/mol. The highest BCUT2D eigenvalue weighted by molar-refractivity contribution is 5.71. The minimum absolute atomic E-state index is 0.0658. The molecule has 0 amide bonds. The zero-order valence-corrected chi connectivity index (χ0v) is 51.7. The lowest BCUT2D eigenvalue weighted by molar-refractivity contribution is -0.167. The van der Waals surface area contributed by atoms with Gasteiger partial charge in [-0.25, -0.2) is 0 Å². The summed E-state index contributed by atoms with van der Waals surface area (Å²) >= 11 is 0. The van der Waals surface area contributed by atoms with Crippen LogP contribution in [-0.4, -0.2) is 37.2 Å². The van der Waals surface area contributed by atoms with Crippen molar-refractivity contribution in [1.82, 2.24) is 0 Å². The molecule has 0 aliphatic carbocycles. The van der Waals surface area contributed by atoms with Crippen LogP contribution in [0.3, 0.4) is 0 Å². The standard InChI is InChI=1S/C71H130O6/c1-4-7-10-13-16-19-22-24-26-28-30-31-32-33-34-35-36-37-38-39-41-42-44-46-49-52-55-58-61-64-70(73)76-67-68(66-75-69(72)63-60-57-54-51-48-21-18-15-12-9-6-3)77-71(74)65-62-59-56-53-50-47-45-43-40-29-27-25-23-20-17-14-11-8-5-2/h7,10,16,19,24,26,30-31,68H,4-6,8-9,11-15,17-18,20-23,25,27-29,32-67H2,1-3H3/b10-7-,19-16-,26-24-,31-30-. The molecule has 450 valence electrons. The number of allylic oxidation sites excluding steroid dienone is 8. The zero-order valence-electron chi connectivity index (χ0n) is 51.7. The fourth-order valence-corrected chi connectivity index (χ4v) is 10.3. The van der Waals surface area contributed by atoms with Gasteiger partial charge in [0.2, 0.25) is 0 Å². The first kappa shape index (κ1) is 74.4. The van der Waals surface area contributed by atoms with Gasteiger partial charge in [-0.2, -0.15) is 0 Å². The zero-order chi connectivity index (χ0) is 55.7. The summed E-state index contributed by atoms with van der Waals surface area (Å²) in [6.07, 6.45) is 82.8. The molecule has 1 atom stereocenters. The van der Waals surface area contributed by atoms with Gasteiger partial charge < -0.3 is 14.2 Å².